The van der Waals surface area contributed by atoms with Crippen molar-refractivity contribution in [2.24, 2.45) is 5.92 Å². The van der Waals surface area contributed by atoms with Crippen LogP contribution in [0.1, 0.15) is 54.9 Å². The van der Waals surface area contributed by atoms with Gasteiger partial charge < -0.3 is 29.8 Å². The molecule has 164 valence electrons. The van der Waals surface area contributed by atoms with Crippen molar-refractivity contribution in [3.63, 3.8) is 0 Å². The van der Waals surface area contributed by atoms with Crippen molar-refractivity contribution in [2.75, 3.05) is 0 Å². The molecule has 1 heterocycles. The predicted octanol–water partition coefficient (Wildman–Crippen LogP) is 5.95. The molecule has 1 fully saturated rings. The third-order valence-corrected chi connectivity index (χ3v) is 6.09. The number of aromatic nitrogens is 1. The van der Waals surface area contributed by atoms with Crippen LogP contribution < -0.4 is 9.47 Å². The highest BCUT2D eigenvalue weighted by Gasteiger charge is 2.22. The molecule has 1 aliphatic rings. The summed E-state index contributed by atoms with van der Waals surface area (Å²) in [6.45, 7) is 3.79. The van der Waals surface area contributed by atoms with Crippen LogP contribution in [0.15, 0.2) is 30.3 Å². The van der Waals surface area contributed by atoms with E-state index in [0.29, 0.717) is 29.4 Å². The van der Waals surface area contributed by atoms with Crippen LogP contribution in [0.3, 0.4) is 0 Å². The summed E-state index contributed by atoms with van der Waals surface area (Å²) in [6, 6.07) is 8.39. The molecule has 1 aromatic heterocycles. The Hall–Kier alpha value is -3.19. The Bertz CT molecular complexity index is 1110. The molecule has 3 aromatic rings. The first-order valence-electron chi connectivity index (χ1n) is 10.5. The first-order chi connectivity index (χ1) is 14.8. The molecule has 1 unspecified atom stereocenters. The molecule has 0 spiro atoms. The third kappa shape index (κ3) is 4.46. The summed E-state index contributed by atoms with van der Waals surface area (Å²) < 4.78 is 10.9. The number of carbonyl (C=O) groups is 1. The number of aryl methyl sites for hydroxylation is 2. The number of aromatic amines is 1. The second kappa shape index (κ2) is 8.51. The summed E-state index contributed by atoms with van der Waals surface area (Å²) in [6.07, 6.45) is 3.16. The van der Waals surface area contributed by atoms with Crippen LogP contribution in [0.5, 0.6) is 23.1 Å². The van der Waals surface area contributed by atoms with Crippen molar-refractivity contribution in [3.8, 4) is 23.1 Å². The lowest BCUT2D eigenvalue weighted by Gasteiger charge is -2.18. The lowest BCUT2D eigenvalue weighted by atomic mass is 9.95. The second-order valence-electron chi connectivity index (χ2n) is 8.34. The van der Waals surface area contributed by atoms with E-state index in [9.17, 15) is 15.0 Å². The molecule has 4 rings (SSSR count). The first-order valence-corrected chi connectivity index (χ1v) is 10.5. The fourth-order valence-corrected chi connectivity index (χ4v) is 4.54. The fraction of sp³-hybridized carbons (Fsp3) is 0.375. The Morgan fingerprint density at radius 1 is 1.19 bits per heavy atom. The average Bonchev–Trinajstić information content (AvgIpc) is 3.35. The maximum absolute atomic E-state index is 10.8. The average molecular weight is 425 g/mol. The molecule has 1 saturated carbocycles. The van der Waals surface area contributed by atoms with Gasteiger partial charge in [-0.25, -0.2) is 4.79 Å². The normalized spacial score (nSPS) is 15.3. The molecule has 31 heavy (non-hydrogen) atoms. The zero-order valence-electron chi connectivity index (χ0n) is 17.6. The standard InChI is InChI=1S/C24H27NO6/c1-13-9-19-17(12-22(25-19)31-24(28)29)14(2)23(13)30-16-7-8-20(26)18(11-16)21(27)10-15-5-3-4-6-15/h7-9,11-12,15,21,25-27H,3-6,10H2,1-2H3,(H,28,29). The molecule has 0 amide bonds. The van der Waals surface area contributed by atoms with Crippen molar-refractivity contribution in [1.82, 2.24) is 4.98 Å². The number of H-pyrrole nitrogens is 1. The van der Waals surface area contributed by atoms with Gasteiger partial charge in [-0.15, -0.1) is 0 Å². The first kappa shape index (κ1) is 21.1. The van der Waals surface area contributed by atoms with Crippen LogP contribution in [0.25, 0.3) is 10.9 Å². The molecule has 0 aliphatic heterocycles. The molecular weight excluding hydrogens is 398 g/mol. The van der Waals surface area contributed by atoms with Crippen LogP contribution in [-0.2, 0) is 0 Å². The topological polar surface area (TPSA) is 112 Å². The number of aliphatic hydroxyl groups is 1. The number of hydrogen-bond donors (Lipinski definition) is 4. The number of carboxylic acid groups (broad SMARTS) is 1. The van der Waals surface area contributed by atoms with E-state index in [1.165, 1.54) is 12.8 Å². The van der Waals surface area contributed by atoms with E-state index in [4.69, 9.17) is 14.6 Å². The molecule has 2 aromatic carbocycles. The molecule has 0 radical (unpaired) electrons. The van der Waals surface area contributed by atoms with Gasteiger partial charge >= 0.3 is 6.16 Å². The minimum absolute atomic E-state index is 0.0582. The second-order valence-corrected chi connectivity index (χ2v) is 8.34. The minimum atomic E-state index is -1.38. The van der Waals surface area contributed by atoms with Gasteiger partial charge in [0.25, 0.3) is 0 Å². The molecule has 0 bridgehead atoms. The van der Waals surface area contributed by atoms with Crippen molar-refractivity contribution in [1.29, 1.82) is 0 Å². The van der Waals surface area contributed by atoms with E-state index in [1.54, 1.807) is 24.3 Å². The monoisotopic (exact) mass is 425 g/mol. The summed E-state index contributed by atoms with van der Waals surface area (Å²) in [7, 11) is 0. The zero-order chi connectivity index (χ0) is 22.1. The number of aliphatic hydroxyl groups excluding tert-OH is 1. The number of benzene rings is 2. The van der Waals surface area contributed by atoms with E-state index in [2.05, 4.69) is 4.98 Å². The van der Waals surface area contributed by atoms with E-state index in [1.807, 2.05) is 19.9 Å². The molecule has 1 atom stereocenters. The van der Waals surface area contributed by atoms with Crippen LogP contribution in [0.2, 0.25) is 0 Å². The molecule has 7 nitrogen and oxygen atoms in total. The van der Waals surface area contributed by atoms with Gasteiger partial charge in [0, 0.05) is 28.1 Å². The van der Waals surface area contributed by atoms with Gasteiger partial charge in [-0.3, -0.25) is 0 Å². The SMILES string of the molecule is Cc1cc2[nH]c(OC(=O)O)cc2c(C)c1Oc1ccc(O)c(C(O)CC2CCCC2)c1. The quantitative estimate of drug-likeness (QED) is 0.363. The third-order valence-electron chi connectivity index (χ3n) is 6.09. The number of ether oxygens (including phenoxy) is 2. The van der Waals surface area contributed by atoms with Gasteiger partial charge in [-0.2, -0.15) is 0 Å². The Kier molecular flexibility index (Phi) is 5.78. The van der Waals surface area contributed by atoms with Gasteiger partial charge in [0.15, 0.2) is 0 Å². The minimum Gasteiger partial charge on any atom is -0.508 e. The molecule has 0 saturated heterocycles. The van der Waals surface area contributed by atoms with E-state index in [-0.39, 0.29) is 11.6 Å². The van der Waals surface area contributed by atoms with Gasteiger partial charge in [-0.1, -0.05) is 25.7 Å². The van der Waals surface area contributed by atoms with Crippen LogP contribution >= 0.6 is 0 Å². The van der Waals surface area contributed by atoms with Gasteiger partial charge in [0.2, 0.25) is 5.88 Å². The summed E-state index contributed by atoms with van der Waals surface area (Å²) in [5.74, 6) is 1.84. The predicted molar refractivity (Wildman–Crippen MR) is 116 cm³/mol. The van der Waals surface area contributed by atoms with E-state index < -0.39 is 12.3 Å². The van der Waals surface area contributed by atoms with Crippen LogP contribution in [0, 0.1) is 19.8 Å². The maximum Gasteiger partial charge on any atom is 0.512 e. The number of hydrogen-bond acceptors (Lipinski definition) is 5. The zero-order valence-corrected chi connectivity index (χ0v) is 17.6. The number of phenolic OH excluding ortho intramolecular Hbond substituents is 1. The number of nitrogens with one attached hydrogen (secondary N) is 1. The van der Waals surface area contributed by atoms with Crippen molar-refractivity contribution in [2.45, 2.75) is 52.1 Å². The van der Waals surface area contributed by atoms with E-state index in [0.717, 1.165) is 34.9 Å². The number of aromatic hydroxyl groups is 1. The molecule has 4 N–H and O–H groups in total. The Labute approximate surface area is 180 Å². The Morgan fingerprint density at radius 3 is 2.65 bits per heavy atom. The summed E-state index contributed by atoms with van der Waals surface area (Å²) in [5.41, 5.74) is 2.90. The van der Waals surface area contributed by atoms with E-state index >= 15 is 0 Å². The maximum atomic E-state index is 10.8. The van der Waals surface area contributed by atoms with Gasteiger partial charge in [0.05, 0.1) is 6.10 Å². The summed E-state index contributed by atoms with van der Waals surface area (Å²) >= 11 is 0. The molecule has 1 aliphatic carbocycles. The largest absolute Gasteiger partial charge is 0.512 e. The highest BCUT2D eigenvalue weighted by atomic mass is 16.7. The van der Waals surface area contributed by atoms with Crippen molar-refractivity contribution < 1.29 is 29.6 Å². The van der Waals surface area contributed by atoms with Crippen molar-refractivity contribution in [3.05, 3.63) is 47.0 Å². The highest BCUT2D eigenvalue weighted by Crippen LogP contribution is 2.40. The number of fused-ring (bicyclic) bond motifs is 1. The molecular formula is C24H27NO6. The Morgan fingerprint density at radius 2 is 1.94 bits per heavy atom. The number of rotatable bonds is 6. The smallest absolute Gasteiger partial charge is 0.508 e. The van der Waals surface area contributed by atoms with Gasteiger partial charge in [0.1, 0.15) is 17.2 Å². The van der Waals surface area contributed by atoms with Gasteiger partial charge in [-0.05, 0) is 56.0 Å². The molecule has 7 heteroatoms. The number of phenols is 1. The summed E-state index contributed by atoms with van der Waals surface area (Å²) in [4.78, 5) is 13.8. The highest BCUT2D eigenvalue weighted by molar-refractivity contribution is 5.88. The lowest BCUT2D eigenvalue weighted by Crippen LogP contribution is -2.05. The van der Waals surface area contributed by atoms with Crippen molar-refractivity contribution >= 4 is 17.1 Å². The fourth-order valence-electron chi connectivity index (χ4n) is 4.54. The van der Waals surface area contributed by atoms with Crippen LogP contribution in [-0.4, -0.2) is 26.5 Å². The van der Waals surface area contributed by atoms with Crippen LogP contribution in [0.4, 0.5) is 4.79 Å². The lowest BCUT2D eigenvalue weighted by molar-refractivity contribution is 0.141. The Balaban J connectivity index is 1.61. The summed E-state index contributed by atoms with van der Waals surface area (Å²) in [5, 5.41) is 30.6.